The molecule has 2 heterocycles. The lowest BCUT2D eigenvalue weighted by atomic mass is 10.2. The van der Waals surface area contributed by atoms with Crippen molar-refractivity contribution in [1.29, 1.82) is 0 Å². The average molecular weight is 279 g/mol. The standard InChI is InChI=1S/C13H17N3O4/c1-15-3-2-4-16(6-5-15)9-7-10(12(17)18)14-11(8-9)13(19)20/h7-8H,2-6H2,1H3,(H,17,18)(H,19,20). The second-order valence-electron chi connectivity index (χ2n) is 4.85. The zero-order valence-electron chi connectivity index (χ0n) is 11.2. The Morgan fingerprint density at radius 2 is 1.65 bits per heavy atom. The summed E-state index contributed by atoms with van der Waals surface area (Å²) in [5.41, 5.74) is 0.125. The van der Waals surface area contributed by atoms with E-state index in [0.717, 1.165) is 32.6 Å². The van der Waals surface area contributed by atoms with Gasteiger partial charge in [-0.2, -0.15) is 0 Å². The molecule has 1 aromatic rings. The van der Waals surface area contributed by atoms with Crippen LogP contribution in [0.15, 0.2) is 12.1 Å². The Balaban J connectivity index is 2.34. The zero-order chi connectivity index (χ0) is 14.7. The maximum atomic E-state index is 11.0. The van der Waals surface area contributed by atoms with Crippen LogP contribution in [0.5, 0.6) is 0 Å². The van der Waals surface area contributed by atoms with E-state index in [2.05, 4.69) is 9.88 Å². The highest BCUT2D eigenvalue weighted by Crippen LogP contribution is 2.19. The largest absolute Gasteiger partial charge is 0.477 e. The Morgan fingerprint density at radius 1 is 1.05 bits per heavy atom. The molecule has 0 amide bonds. The number of hydrogen-bond donors (Lipinski definition) is 2. The fraction of sp³-hybridized carbons (Fsp3) is 0.462. The van der Waals surface area contributed by atoms with Crippen LogP contribution >= 0.6 is 0 Å². The summed E-state index contributed by atoms with van der Waals surface area (Å²) in [5.74, 6) is -2.44. The molecule has 7 heteroatoms. The van der Waals surface area contributed by atoms with Crippen LogP contribution in [0.25, 0.3) is 0 Å². The van der Waals surface area contributed by atoms with Crippen LogP contribution in [0.1, 0.15) is 27.4 Å². The molecule has 1 aliphatic rings. The summed E-state index contributed by atoms with van der Waals surface area (Å²) >= 11 is 0. The molecular formula is C13H17N3O4. The second-order valence-corrected chi connectivity index (χ2v) is 4.85. The van der Waals surface area contributed by atoms with E-state index in [-0.39, 0.29) is 11.4 Å². The number of carbonyl (C=O) groups is 2. The number of rotatable bonds is 3. The SMILES string of the molecule is CN1CCCN(c2cc(C(=O)O)nc(C(=O)O)c2)CC1. The molecule has 0 aromatic carbocycles. The Hall–Kier alpha value is -2.15. The van der Waals surface area contributed by atoms with Gasteiger partial charge in [0.1, 0.15) is 0 Å². The minimum Gasteiger partial charge on any atom is -0.477 e. The summed E-state index contributed by atoms with van der Waals surface area (Å²) in [6, 6.07) is 2.86. The number of aromatic carboxylic acids is 2. The zero-order valence-corrected chi connectivity index (χ0v) is 11.2. The van der Waals surface area contributed by atoms with Crippen LogP contribution in [-0.4, -0.2) is 65.3 Å². The summed E-state index contributed by atoms with van der Waals surface area (Å²) in [7, 11) is 2.03. The number of anilines is 1. The normalized spacial score (nSPS) is 16.8. The highest BCUT2D eigenvalue weighted by atomic mass is 16.4. The van der Waals surface area contributed by atoms with Crippen LogP contribution in [0.4, 0.5) is 5.69 Å². The Labute approximate surface area is 116 Å². The molecule has 0 aliphatic carbocycles. The molecule has 1 aliphatic heterocycles. The van der Waals surface area contributed by atoms with Gasteiger partial charge in [0.05, 0.1) is 0 Å². The van der Waals surface area contributed by atoms with Crippen molar-refractivity contribution in [2.45, 2.75) is 6.42 Å². The third-order valence-corrected chi connectivity index (χ3v) is 3.33. The summed E-state index contributed by atoms with van der Waals surface area (Å²) in [6.07, 6.45) is 0.948. The Morgan fingerprint density at radius 3 is 2.20 bits per heavy atom. The van der Waals surface area contributed by atoms with Crippen LogP contribution < -0.4 is 4.90 Å². The van der Waals surface area contributed by atoms with Gasteiger partial charge in [-0.25, -0.2) is 14.6 Å². The van der Waals surface area contributed by atoms with E-state index in [1.807, 2.05) is 11.9 Å². The van der Waals surface area contributed by atoms with E-state index in [4.69, 9.17) is 10.2 Å². The lowest BCUT2D eigenvalue weighted by Gasteiger charge is -2.23. The van der Waals surface area contributed by atoms with E-state index >= 15 is 0 Å². The summed E-state index contributed by atoms with van der Waals surface area (Å²) in [5, 5.41) is 18.1. The molecule has 0 saturated carbocycles. The van der Waals surface area contributed by atoms with Crippen LogP contribution in [0, 0.1) is 0 Å². The lowest BCUT2D eigenvalue weighted by Crippen LogP contribution is -2.29. The lowest BCUT2D eigenvalue weighted by molar-refractivity contribution is 0.0685. The number of hydrogen-bond acceptors (Lipinski definition) is 5. The molecule has 108 valence electrons. The maximum absolute atomic E-state index is 11.0. The molecule has 0 spiro atoms. The van der Waals surface area contributed by atoms with Crippen molar-refractivity contribution < 1.29 is 19.8 Å². The molecule has 0 radical (unpaired) electrons. The first-order valence-electron chi connectivity index (χ1n) is 6.39. The van der Waals surface area contributed by atoms with Gasteiger partial charge in [0.25, 0.3) is 0 Å². The van der Waals surface area contributed by atoms with Gasteiger partial charge in [0, 0.05) is 25.3 Å². The van der Waals surface area contributed by atoms with Gasteiger partial charge < -0.3 is 20.0 Å². The quantitative estimate of drug-likeness (QED) is 0.837. The summed E-state index contributed by atoms with van der Waals surface area (Å²) in [4.78, 5) is 29.9. The van der Waals surface area contributed by atoms with E-state index in [1.54, 1.807) is 0 Å². The molecular weight excluding hydrogens is 262 g/mol. The van der Waals surface area contributed by atoms with Gasteiger partial charge >= 0.3 is 11.9 Å². The van der Waals surface area contributed by atoms with Crippen molar-refractivity contribution in [3.05, 3.63) is 23.5 Å². The molecule has 1 saturated heterocycles. The molecule has 2 rings (SSSR count). The monoisotopic (exact) mass is 279 g/mol. The third-order valence-electron chi connectivity index (χ3n) is 3.33. The molecule has 0 bridgehead atoms. The van der Waals surface area contributed by atoms with Crippen LogP contribution in [-0.2, 0) is 0 Å². The minimum atomic E-state index is -1.22. The molecule has 0 atom stereocenters. The number of nitrogens with zero attached hydrogens (tertiary/aromatic N) is 3. The third kappa shape index (κ3) is 3.24. The van der Waals surface area contributed by atoms with E-state index < -0.39 is 11.9 Å². The first-order valence-corrected chi connectivity index (χ1v) is 6.39. The highest BCUT2D eigenvalue weighted by Gasteiger charge is 2.18. The van der Waals surface area contributed by atoms with E-state index in [0.29, 0.717) is 5.69 Å². The van der Waals surface area contributed by atoms with Gasteiger partial charge in [-0.3, -0.25) is 0 Å². The number of carboxylic acid groups (broad SMARTS) is 2. The molecule has 1 aromatic heterocycles. The van der Waals surface area contributed by atoms with Crippen molar-refractivity contribution in [2.75, 3.05) is 38.1 Å². The van der Waals surface area contributed by atoms with Gasteiger partial charge in [-0.15, -0.1) is 0 Å². The molecule has 20 heavy (non-hydrogen) atoms. The highest BCUT2D eigenvalue weighted by molar-refractivity contribution is 5.91. The average Bonchev–Trinajstić information content (AvgIpc) is 2.63. The van der Waals surface area contributed by atoms with E-state index in [1.165, 1.54) is 12.1 Å². The van der Waals surface area contributed by atoms with Crippen molar-refractivity contribution in [3.8, 4) is 0 Å². The number of pyridine rings is 1. The van der Waals surface area contributed by atoms with Gasteiger partial charge in [-0.1, -0.05) is 0 Å². The number of carboxylic acids is 2. The van der Waals surface area contributed by atoms with Crippen molar-refractivity contribution >= 4 is 17.6 Å². The van der Waals surface area contributed by atoms with Crippen LogP contribution in [0.2, 0.25) is 0 Å². The van der Waals surface area contributed by atoms with Gasteiger partial charge in [0.15, 0.2) is 11.4 Å². The van der Waals surface area contributed by atoms with Gasteiger partial charge in [0.2, 0.25) is 0 Å². The topological polar surface area (TPSA) is 94.0 Å². The Bertz CT molecular complexity index is 500. The fourth-order valence-corrected chi connectivity index (χ4v) is 2.22. The number of likely N-dealkylation sites (N-methyl/N-ethyl adjacent to an activating group) is 1. The fourth-order valence-electron chi connectivity index (χ4n) is 2.22. The molecule has 7 nitrogen and oxygen atoms in total. The number of aromatic nitrogens is 1. The van der Waals surface area contributed by atoms with Gasteiger partial charge in [-0.05, 0) is 32.1 Å². The predicted octanol–water partition coefficient (Wildman–Crippen LogP) is 0.620. The summed E-state index contributed by atoms with van der Waals surface area (Å²) in [6.45, 7) is 3.33. The van der Waals surface area contributed by atoms with Crippen molar-refractivity contribution in [2.24, 2.45) is 0 Å². The van der Waals surface area contributed by atoms with Crippen molar-refractivity contribution in [3.63, 3.8) is 0 Å². The first kappa shape index (κ1) is 14.3. The molecule has 1 fully saturated rings. The minimum absolute atomic E-state index is 0.238. The molecule has 2 N–H and O–H groups in total. The van der Waals surface area contributed by atoms with E-state index in [9.17, 15) is 9.59 Å². The summed E-state index contributed by atoms with van der Waals surface area (Å²) < 4.78 is 0. The maximum Gasteiger partial charge on any atom is 0.354 e. The van der Waals surface area contributed by atoms with Crippen LogP contribution in [0.3, 0.4) is 0 Å². The van der Waals surface area contributed by atoms with Crippen molar-refractivity contribution in [1.82, 2.24) is 9.88 Å². The smallest absolute Gasteiger partial charge is 0.354 e. The predicted molar refractivity (Wildman–Crippen MR) is 72.5 cm³/mol. The molecule has 0 unspecified atom stereocenters. The Kier molecular flexibility index (Phi) is 4.19. The first-order chi connectivity index (χ1) is 9.47. The second kappa shape index (κ2) is 5.87.